The van der Waals surface area contributed by atoms with Crippen LogP contribution in [0.1, 0.15) is 20.3 Å². The number of benzene rings is 1. The fourth-order valence-corrected chi connectivity index (χ4v) is 2.42. The number of nitrogens with one attached hydrogen (secondary N) is 1. The highest BCUT2D eigenvalue weighted by Crippen LogP contribution is 2.20. The van der Waals surface area contributed by atoms with Crippen LogP contribution in [0.25, 0.3) is 0 Å². The molecule has 1 atom stereocenters. The molecule has 0 aromatic heterocycles. The van der Waals surface area contributed by atoms with Crippen molar-refractivity contribution >= 4 is 33.8 Å². The number of rotatable bonds is 7. The van der Waals surface area contributed by atoms with E-state index >= 15 is 0 Å². The first-order valence-electron chi connectivity index (χ1n) is 7.54. The third-order valence-electron chi connectivity index (χ3n) is 3.77. The number of carbonyl (C=O) groups excluding carboxylic acids is 3. The lowest BCUT2D eigenvalue weighted by Crippen LogP contribution is -2.43. The van der Waals surface area contributed by atoms with Gasteiger partial charge in [0.15, 0.2) is 0 Å². The number of urea groups is 1. The highest BCUT2D eigenvalue weighted by molar-refractivity contribution is 9.10. The van der Waals surface area contributed by atoms with Gasteiger partial charge in [-0.25, -0.2) is 4.79 Å². The van der Waals surface area contributed by atoms with Crippen LogP contribution >= 0.6 is 15.9 Å². The number of amides is 3. The summed E-state index contributed by atoms with van der Waals surface area (Å²) in [6.45, 7) is 3.23. The average molecular weight is 399 g/mol. The highest BCUT2D eigenvalue weighted by Gasteiger charge is 2.47. The highest BCUT2D eigenvalue weighted by atomic mass is 79.9. The standard InChI is InChI=1S/C16H19BrN2O5/c1-3-16(2)14(21)19(15(22)18-16)10-13(20)24-9-8-23-12-6-4-11(17)5-7-12/h4-7H,3,8-10H2,1-2H3,(H,18,22)/t16-/m0/s1. The minimum Gasteiger partial charge on any atom is -0.490 e. The molecule has 1 N–H and O–H groups in total. The summed E-state index contributed by atoms with van der Waals surface area (Å²) in [5, 5.41) is 2.58. The Morgan fingerprint density at radius 3 is 2.50 bits per heavy atom. The van der Waals surface area contributed by atoms with Crippen molar-refractivity contribution in [1.82, 2.24) is 10.2 Å². The van der Waals surface area contributed by atoms with E-state index in [1.54, 1.807) is 26.0 Å². The molecule has 8 heteroatoms. The molecule has 1 aromatic rings. The summed E-state index contributed by atoms with van der Waals surface area (Å²) in [5.41, 5.74) is -0.956. The molecule has 24 heavy (non-hydrogen) atoms. The maximum atomic E-state index is 12.2. The van der Waals surface area contributed by atoms with E-state index in [4.69, 9.17) is 9.47 Å². The van der Waals surface area contributed by atoms with Crippen LogP contribution in [0.5, 0.6) is 5.75 Å². The number of hydrogen-bond donors (Lipinski definition) is 1. The maximum Gasteiger partial charge on any atom is 0.326 e. The number of imide groups is 1. The predicted molar refractivity (Wildman–Crippen MR) is 89.5 cm³/mol. The Balaban J connectivity index is 1.74. The normalized spacial score (nSPS) is 20.0. The van der Waals surface area contributed by atoms with E-state index in [-0.39, 0.29) is 13.2 Å². The SMILES string of the molecule is CC[C@]1(C)NC(=O)N(CC(=O)OCCOc2ccc(Br)cc2)C1=O. The second kappa shape index (κ2) is 7.65. The Hall–Kier alpha value is -2.09. The van der Waals surface area contributed by atoms with Gasteiger partial charge in [0.1, 0.15) is 31.0 Å². The summed E-state index contributed by atoms with van der Waals surface area (Å²) in [6.07, 6.45) is 0.449. The zero-order valence-corrected chi connectivity index (χ0v) is 15.1. The Labute approximate surface area is 148 Å². The van der Waals surface area contributed by atoms with E-state index in [0.717, 1.165) is 9.37 Å². The molecule has 0 aliphatic carbocycles. The van der Waals surface area contributed by atoms with Crippen molar-refractivity contribution in [2.75, 3.05) is 19.8 Å². The topological polar surface area (TPSA) is 84.9 Å². The van der Waals surface area contributed by atoms with Crippen LogP contribution in [0.3, 0.4) is 0 Å². The average Bonchev–Trinajstić information content (AvgIpc) is 2.77. The third kappa shape index (κ3) is 4.25. The quantitative estimate of drug-likeness (QED) is 0.431. The van der Waals surface area contributed by atoms with Crippen molar-refractivity contribution in [3.05, 3.63) is 28.7 Å². The number of esters is 1. The summed E-state index contributed by atoms with van der Waals surface area (Å²) in [6, 6.07) is 6.66. The Morgan fingerprint density at radius 2 is 1.92 bits per heavy atom. The molecule has 1 aliphatic rings. The van der Waals surface area contributed by atoms with Gasteiger partial charge in [0, 0.05) is 4.47 Å². The number of halogens is 1. The first kappa shape index (κ1) is 18.3. The number of ether oxygens (including phenoxy) is 2. The molecule has 7 nitrogen and oxygen atoms in total. The van der Waals surface area contributed by atoms with Crippen LogP contribution in [0.2, 0.25) is 0 Å². The van der Waals surface area contributed by atoms with Gasteiger partial charge in [0.25, 0.3) is 5.91 Å². The van der Waals surface area contributed by atoms with E-state index in [1.807, 2.05) is 12.1 Å². The fraction of sp³-hybridized carbons (Fsp3) is 0.438. The van der Waals surface area contributed by atoms with Crippen LogP contribution in [0.4, 0.5) is 4.79 Å². The molecule has 0 saturated carbocycles. The molecular weight excluding hydrogens is 380 g/mol. The van der Waals surface area contributed by atoms with Crippen LogP contribution in [0, 0.1) is 0 Å². The number of nitrogens with zero attached hydrogens (tertiary/aromatic N) is 1. The summed E-state index contributed by atoms with van der Waals surface area (Å²) in [5.74, 6) is -0.418. The van der Waals surface area contributed by atoms with Crippen molar-refractivity contribution in [3.8, 4) is 5.75 Å². The van der Waals surface area contributed by atoms with Gasteiger partial charge >= 0.3 is 12.0 Å². The van der Waals surface area contributed by atoms with Crippen LogP contribution in [-0.4, -0.2) is 48.1 Å². The van der Waals surface area contributed by atoms with Gasteiger partial charge in [-0.3, -0.25) is 14.5 Å². The van der Waals surface area contributed by atoms with Crippen molar-refractivity contribution < 1.29 is 23.9 Å². The van der Waals surface area contributed by atoms with Gasteiger partial charge in [-0.1, -0.05) is 22.9 Å². The third-order valence-corrected chi connectivity index (χ3v) is 4.30. The van der Waals surface area contributed by atoms with E-state index in [9.17, 15) is 14.4 Å². The van der Waals surface area contributed by atoms with Crippen molar-refractivity contribution in [2.24, 2.45) is 0 Å². The monoisotopic (exact) mass is 398 g/mol. The first-order chi connectivity index (χ1) is 11.4. The van der Waals surface area contributed by atoms with Gasteiger partial charge in [-0.2, -0.15) is 0 Å². The van der Waals surface area contributed by atoms with Gasteiger partial charge in [0.05, 0.1) is 0 Å². The Kier molecular flexibility index (Phi) is 5.82. The number of carbonyl (C=O) groups is 3. The van der Waals surface area contributed by atoms with Crippen LogP contribution in [-0.2, 0) is 14.3 Å². The van der Waals surface area contributed by atoms with E-state index < -0.39 is 30.0 Å². The minimum atomic E-state index is -0.956. The molecule has 2 rings (SSSR count). The van der Waals surface area contributed by atoms with Crippen LogP contribution < -0.4 is 10.1 Å². The summed E-state index contributed by atoms with van der Waals surface area (Å²) in [4.78, 5) is 36.6. The lowest BCUT2D eigenvalue weighted by Gasteiger charge is -2.18. The summed E-state index contributed by atoms with van der Waals surface area (Å²) >= 11 is 3.32. The van der Waals surface area contributed by atoms with E-state index in [0.29, 0.717) is 12.2 Å². The van der Waals surface area contributed by atoms with E-state index in [1.165, 1.54) is 0 Å². The molecule has 0 unspecified atom stereocenters. The number of hydrogen-bond acceptors (Lipinski definition) is 5. The molecule has 0 bridgehead atoms. The fourth-order valence-electron chi connectivity index (χ4n) is 2.15. The molecule has 1 heterocycles. The van der Waals surface area contributed by atoms with Gasteiger partial charge < -0.3 is 14.8 Å². The maximum absolute atomic E-state index is 12.2. The lowest BCUT2D eigenvalue weighted by molar-refractivity contribution is -0.148. The molecule has 1 aromatic carbocycles. The molecule has 0 radical (unpaired) electrons. The molecule has 1 aliphatic heterocycles. The van der Waals surface area contributed by atoms with Gasteiger partial charge in [-0.05, 0) is 37.6 Å². The Bertz CT molecular complexity index is 634. The van der Waals surface area contributed by atoms with Crippen molar-refractivity contribution in [3.63, 3.8) is 0 Å². The second-order valence-electron chi connectivity index (χ2n) is 5.53. The molecule has 1 fully saturated rings. The van der Waals surface area contributed by atoms with Crippen molar-refractivity contribution in [1.29, 1.82) is 0 Å². The predicted octanol–water partition coefficient (Wildman–Crippen LogP) is 2.09. The first-order valence-corrected chi connectivity index (χ1v) is 8.33. The molecule has 0 spiro atoms. The second-order valence-corrected chi connectivity index (χ2v) is 6.45. The van der Waals surface area contributed by atoms with Gasteiger partial charge in [-0.15, -0.1) is 0 Å². The van der Waals surface area contributed by atoms with Crippen molar-refractivity contribution in [2.45, 2.75) is 25.8 Å². The smallest absolute Gasteiger partial charge is 0.326 e. The minimum absolute atomic E-state index is 0.0313. The summed E-state index contributed by atoms with van der Waals surface area (Å²) in [7, 11) is 0. The molecule has 130 valence electrons. The molecular formula is C16H19BrN2O5. The Morgan fingerprint density at radius 1 is 1.25 bits per heavy atom. The van der Waals surface area contributed by atoms with Crippen LogP contribution in [0.15, 0.2) is 28.7 Å². The van der Waals surface area contributed by atoms with E-state index in [2.05, 4.69) is 21.2 Å². The largest absolute Gasteiger partial charge is 0.490 e. The van der Waals surface area contributed by atoms with Gasteiger partial charge in [0.2, 0.25) is 0 Å². The summed E-state index contributed by atoms with van der Waals surface area (Å²) < 4.78 is 11.4. The lowest BCUT2D eigenvalue weighted by atomic mass is 9.99. The zero-order chi connectivity index (χ0) is 17.7. The molecule has 3 amide bonds. The molecule has 1 saturated heterocycles. The zero-order valence-electron chi connectivity index (χ0n) is 13.5.